The monoisotopic (exact) mass is 324 g/mol. The minimum absolute atomic E-state index is 0.275. The molecule has 0 aliphatic carbocycles. The lowest BCUT2D eigenvalue weighted by Gasteiger charge is -2.12. The summed E-state index contributed by atoms with van der Waals surface area (Å²) in [6.07, 6.45) is 0. The van der Waals surface area contributed by atoms with Crippen LogP contribution in [0.15, 0.2) is 36.4 Å². The second-order valence-electron chi connectivity index (χ2n) is 4.48. The van der Waals surface area contributed by atoms with Gasteiger partial charge in [-0.1, -0.05) is 47.5 Å². The summed E-state index contributed by atoms with van der Waals surface area (Å²) >= 11 is 12.2. The third-order valence-electron chi connectivity index (χ3n) is 3.05. The van der Waals surface area contributed by atoms with Gasteiger partial charge in [-0.2, -0.15) is 0 Å². The molecule has 5 heteroatoms. The van der Waals surface area contributed by atoms with Gasteiger partial charge >= 0.3 is 5.97 Å². The Labute approximate surface area is 133 Å². The van der Waals surface area contributed by atoms with Gasteiger partial charge < -0.3 is 9.47 Å². The van der Waals surface area contributed by atoms with Crippen molar-refractivity contribution < 1.29 is 14.3 Å². The normalized spacial score (nSPS) is 10.3. The van der Waals surface area contributed by atoms with E-state index in [2.05, 4.69) is 4.74 Å². The molecule has 0 aliphatic heterocycles. The van der Waals surface area contributed by atoms with Gasteiger partial charge in [0, 0.05) is 0 Å². The van der Waals surface area contributed by atoms with E-state index in [9.17, 15) is 4.79 Å². The summed E-state index contributed by atoms with van der Waals surface area (Å²) in [6, 6.07) is 10.8. The van der Waals surface area contributed by atoms with Crippen molar-refractivity contribution in [3.05, 3.63) is 63.1 Å². The molecule has 0 heterocycles. The molecular weight excluding hydrogens is 311 g/mol. The number of methoxy groups -OCH3 is 1. The zero-order valence-electron chi connectivity index (χ0n) is 11.7. The standard InChI is InChI=1S/C16H14Cl2O3/c1-10-5-3-4-6-11(10)9-21-15-13(17)7-12(8-14(15)18)16(19)20-2/h3-8H,9H2,1-2H3. The van der Waals surface area contributed by atoms with Crippen LogP contribution in [0.25, 0.3) is 0 Å². The van der Waals surface area contributed by atoms with Gasteiger partial charge in [0.15, 0.2) is 5.75 Å². The molecule has 110 valence electrons. The molecule has 0 spiro atoms. The molecule has 0 unspecified atom stereocenters. The van der Waals surface area contributed by atoms with E-state index < -0.39 is 5.97 Å². The Morgan fingerprint density at radius 2 is 1.76 bits per heavy atom. The maximum atomic E-state index is 11.5. The SMILES string of the molecule is COC(=O)c1cc(Cl)c(OCc2ccccc2C)c(Cl)c1. The van der Waals surface area contributed by atoms with E-state index in [4.69, 9.17) is 27.9 Å². The van der Waals surface area contributed by atoms with Gasteiger partial charge in [-0.15, -0.1) is 0 Å². The summed E-state index contributed by atoms with van der Waals surface area (Å²) in [5.74, 6) is -0.140. The molecule has 2 aromatic carbocycles. The first-order valence-corrected chi connectivity index (χ1v) is 7.03. The first-order valence-electron chi connectivity index (χ1n) is 6.27. The first kappa shape index (κ1) is 15.7. The molecule has 0 bridgehead atoms. The molecule has 0 aromatic heterocycles. The minimum Gasteiger partial charge on any atom is -0.486 e. The van der Waals surface area contributed by atoms with Crippen molar-refractivity contribution in [2.75, 3.05) is 7.11 Å². The molecule has 0 saturated carbocycles. The Kier molecular flexibility index (Phi) is 5.10. The maximum Gasteiger partial charge on any atom is 0.337 e. The van der Waals surface area contributed by atoms with Crippen LogP contribution in [-0.4, -0.2) is 13.1 Å². The highest BCUT2D eigenvalue weighted by molar-refractivity contribution is 6.37. The Morgan fingerprint density at radius 1 is 1.14 bits per heavy atom. The molecule has 2 rings (SSSR count). The largest absolute Gasteiger partial charge is 0.486 e. The smallest absolute Gasteiger partial charge is 0.337 e. The van der Waals surface area contributed by atoms with Gasteiger partial charge in [-0.25, -0.2) is 4.79 Å². The van der Waals surface area contributed by atoms with Crippen molar-refractivity contribution >= 4 is 29.2 Å². The Hall–Kier alpha value is -1.71. The number of hydrogen-bond donors (Lipinski definition) is 0. The predicted octanol–water partition coefficient (Wildman–Crippen LogP) is 4.67. The van der Waals surface area contributed by atoms with E-state index in [-0.39, 0.29) is 15.6 Å². The zero-order valence-corrected chi connectivity index (χ0v) is 13.2. The van der Waals surface area contributed by atoms with Crippen molar-refractivity contribution in [2.24, 2.45) is 0 Å². The highest BCUT2D eigenvalue weighted by Crippen LogP contribution is 2.35. The molecule has 0 fully saturated rings. The Morgan fingerprint density at radius 3 is 2.33 bits per heavy atom. The molecule has 3 nitrogen and oxygen atoms in total. The van der Waals surface area contributed by atoms with E-state index in [1.807, 2.05) is 31.2 Å². The summed E-state index contributed by atoms with van der Waals surface area (Å²) in [5, 5.41) is 0.549. The number of halogens is 2. The van der Waals surface area contributed by atoms with Crippen LogP contribution in [0.4, 0.5) is 0 Å². The highest BCUT2D eigenvalue weighted by atomic mass is 35.5. The molecule has 0 atom stereocenters. The quantitative estimate of drug-likeness (QED) is 0.767. The lowest BCUT2D eigenvalue weighted by atomic mass is 10.1. The molecule has 2 aromatic rings. The number of carbonyl (C=O) groups is 1. The molecule has 21 heavy (non-hydrogen) atoms. The van der Waals surface area contributed by atoms with Gasteiger partial charge in [0.1, 0.15) is 6.61 Å². The molecule has 0 amide bonds. The summed E-state index contributed by atoms with van der Waals surface area (Å²) in [5.41, 5.74) is 2.45. The van der Waals surface area contributed by atoms with Crippen LogP contribution in [0.2, 0.25) is 10.0 Å². The average molecular weight is 325 g/mol. The number of benzene rings is 2. The Bertz CT molecular complexity index is 645. The maximum absolute atomic E-state index is 11.5. The topological polar surface area (TPSA) is 35.5 Å². The lowest BCUT2D eigenvalue weighted by molar-refractivity contribution is 0.0600. The van der Waals surface area contributed by atoms with Crippen molar-refractivity contribution in [3.63, 3.8) is 0 Å². The first-order chi connectivity index (χ1) is 10.0. The second-order valence-corrected chi connectivity index (χ2v) is 5.29. The molecule has 0 aliphatic rings. The fourth-order valence-electron chi connectivity index (χ4n) is 1.86. The van der Waals surface area contributed by atoms with Crippen LogP contribution < -0.4 is 4.74 Å². The van der Waals surface area contributed by atoms with Crippen LogP contribution in [0.3, 0.4) is 0 Å². The molecule has 0 N–H and O–H groups in total. The fourth-order valence-corrected chi connectivity index (χ4v) is 2.45. The van der Waals surface area contributed by atoms with Crippen LogP contribution in [0.5, 0.6) is 5.75 Å². The summed E-state index contributed by atoms with van der Waals surface area (Å²) in [4.78, 5) is 11.5. The van der Waals surface area contributed by atoms with Gasteiger partial charge in [-0.3, -0.25) is 0 Å². The molecule has 0 radical (unpaired) electrons. The summed E-state index contributed by atoms with van der Waals surface area (Å²) in [7, 11) is 1.30. The molecule has 0 saturated heterocycles. The Balaban J connectivity index is 2.21. The number of aryl methyl sites for hydroxylation is 1. The van der Waals surface area contributed by atoms with Gasteiger partial charge in [0.05, 0.1) is 22.7 Å². The van der Waals surface area contributed by atoms with Crippen LogP contribution in [-0.2, 0) is 11.3 Å². The van der Waals surface area contributed by atoms with Gasteiger partial charge in [0.25, 0.3) is 0 Å². The van der Waals surface area contributed by atoms with Crippen molar-refractivity contribution in [2.45, 2.75) is 13.5 Å². The van der Waals surface area contributed by atoms with Gasteiger partial charge in [0.2, 0.25) is 0 Å². The van der Waals surface area contributed by atoms with Crippen molar-refractivity contribution in [3.8, 4) is 5.75 Å². The fraction of sp³-hybridized carbons (Fsp3) is 0.188. The molecular formula is C16H14Cl2O3. The van der Waals surface area contributed by atoms with Crippen LogP contribution >= 0.6 is 23.2 Å². The second kappa shape index (κ2) is 6.83. The number of rotatable bonds is 4. The number of carbonyl (C=O) groups excluding carboxylic acids is 1. The van der Waals surface area contributed by atoms with E-state index in [1.165, 1.54) is 19.2 Å². The van der Waals surface area contributed by atoms with E-state index in [0.717, 1.165) is 11.1 Å². The van der Waals surface area contributed by atoms with Crippen molar-refractivity contribution in [1.82, 2.24) is 0 Å². The third kappa shape index (κ3) is 3.69. The predicted molar refractivity (Wildman–Crippen MR) is 83.3 cm³/mol. The number of ether oxygens (including phenoxy) is 2. The average Bonchev–Trinajstić information content (AvgIpc) is 2.47. The van der Waals surface area contributed by atoms with E-state index in [0.29, 0.717) is 12.4 Å². The zero-order chi connectivity index (χ0) is 15.4. The lowest BCUT2D eigenvalue weighted by Crippen LogP contribution is -2.03. The van der Waals surface area contributed by atoms with E-state index in [1.54, 1.807) is 0 Å². The van der Waals surface area contributed by atoms with E-state index >= 15 is 0 Å². The van der Waals surface area contributed by atoms with Crippen LogP contribution in [0.1, 0.15) is 21.5 Å². The minimum atomic E-state index is -0.496. The summed E-state index contributed by atoms with van der Waals surface area (Å²) in [6.45, 7) is 2.35. The van der Waals surface area contributed by atoms with Crippen molar-refractivity contribution in [1.29, 1.82) is 0 Å². The highest BCUT2D eigenvalue weighted by Gasteiger charge is 2.14. The number of esters is 1. The number of hydrogen-bond acceptors (Lipinski definition) is 3. The van der Waals surface area contributed by atoms with Gasteiger partial charge in [-0.05, 0) is 30.2 Å². The summed E-state index contributed by atoms with van der Waals surface area (Å²) < 4.78 is 10.3. The third-order valence-corrected chi connectivity index (χ3v) is 3.61. The van der Waals surface area contributed by atoms with Crippen LogP contribution in [0, 0.1) is 6.92 Å².